The molecule has 1 unspecified atom stereocenters. The van der Waals surface area contributed by atoms with Gasteiger partial charge < -0.3 is 21.8 Å². The quantitative estimate of drug-likeness (QED) is 0.499. The third-order valence-corrected chi connectivity index (χ3v) is 2.90. The van der Waals surface area contributed by atoms with Gasteiger partial charge in [-0.3, -0.25) is 0 Å². The average Bonchev–Trinajstić information content (AvgIpc) is 2.21. The molecule has 0 amide bonds. The molecule has 7 heteroatoms. The van der Waals surface area contributed by atoms with Crippen molar-refractivity contribution < 1.29 is 18.7 Å². The Morgan fingerprint density at radius 2 is 1.88 bits per heavy atom. The van der Waals surface area contributed by atoms with E-state index in [0.29, 0.717) is 6.04 Å². The molecule has 0 saturated heterocycles. The van der Waals surface area contributed by atoms with E-state index < -0.39 is 15.0 Å². The van der Waals surface area contributed by atoms with Gasteiger partial charge in [0.1, 0.15) is 10.1 Å². The number of quaternary nitrogens is 1. The maximum atomic E-state index is 10.5. The fraction of sp³-hybridized carbons (Fsp3) is 0.400. The van der Waals surface area contributed by atoms with Gasteiger partial charge in [-0.15, -0.1) is 0 Å². The van der Waals surface area contributed by atoms with E-state index in [9.17, 15) is 13.0 Å². The lowest BCUT2D eigenvalue weighted by molar-refractivity contribution is -0.414. The fourth-order valence-corrected chi connectivity index (χ4v) is 1.40. The van der Waals surface area contributed by atoms with Gasteiger partial charge in [-0.1, -0.05) is 6.92 Å². The Morgan fingerprint density at radius 3 is 2.18 bits per heavy atom. The van der Waals surface area contributed by atoms with Crippen LogP contribution in [0.1, 0.15) is 20.3 Å². The zero-order valence-electron chi connectivity index (χ0n) is 10.0. The van der Waals surface area contributed by atoms with Gasteiger partial charge in [-0.05, 0) is 31.5 Å². The van der Waals surface area contributed by atoms with Gasteiger partial charge in [0.25, 0.3) is 0 Å². The molecule has 0 fully saturated rings. The van der Waals surface area contributed by atoms with Crippen molar-refractivity contribution in [2.75, 3.05) is 11.5 Å². The Kier molecular flexibility index (Phi) is 5.94. The van der Waals surface area contributed by atoms with Crippen molar-refractivity contribution in [2.45, 2.75) is 31.2 Å². The Hall–Kier alpha value is -1.31. The monoisotopic (exact) mass is 261 g/mol. The summed E-state index contributed by atoms with van der Waals surface area (Å²) in [7, 11) is -4.51. The number of hydrogen-bond donors (Lipinski definition) is 3. The van der Waals surface area contributed by atoms with E-state index >= 15 is 0 Å². The number of nitrogens with two attached hydrogens (primary N) is 2. The molecule has 0 aromatic heterocycles. The van der Waals surface area contributed by atoms with Crippen molar-refractivity contribution in [1.29, 1.82) is 0 Å². The SMILES string of the molecule is CCC(C)[NH3+].Nc1ccc(N)c(S(=O)(=O)[O-])c1. The summed E-state index contributed by atoms with van der Waals surface area (Å²) in [6.07, 6.45) is 1.19. The van der Waals surface area contributed by atoms with Gasteiger partial charge in [0.2, 0.25) is 0 Å². The highest BCUT2D eigenvalue weighted by Gasteiger charge is 2.05. The molecular formula is C10H19N3O3S. The Morgan fingerprint density at radius 1 is 1.41 bits per heavy atom. The highest BCUT2D eigenvalue weighted by molar-refractivity contribution is 7.86. The van der Waals surface area contributed by atoms with Crippen LogP contribution in [0.3, 0.4) is 0 Å². The Balaban J connectivity index is 0.000000437. The van der Waals surface area contributed by atoms with Crippen LogP contribution in [-0.2, 0) is 10.1 Å². The lowest BCUT2D eigenvalue weighted by atomic mass is 10.3. The van der Waals surface area contributed by atoms with Crippen LogP contribution >= 0.6 is 0 Å². The molecule has 1 aromatic carbocycles. The van der Waals surface area contributed by atoms with Crippen LogP contribution in [0.4, 0.5) is 11.4 Å². The summed E-state index contributed by atoms with van der Waals surface area (Å²) in [6.45, 7) is 4.25. The van der Waals surface area contributed by atoms with Crippen molar-refractivity contribution in [2.24, 2.45) is 0 Å². The summed E-state index contributed by atoms with van der Waals surface area (Å²) >= 11 is 0. The molecule has 1 aromatic rings. The van der Waals surface area contributed by atoms with Crippen molar-refractivity contribution in [3.8, 4) is 0 Å². The molecule has 0 aliphatic heterocycles. The molecule has 0 saturated carbocycles. The van der Waals surface area contributed by atoms with E-state index in [2.05, 4.69) is 19.6 Å². The first kappa shape index (κ1) is 15.7. The molecule has 7 N–H and O–H groups in total. The van der Waals surface area contributed by atoms with Crippen LogP contribution in [0.25, 0.3) is 0 Å². The minimum absolute atomic E-state index is 0.0841. The molecular weight excluding hydrogens is 242 g/mol. The molecule has 1 rings (SSSR count). The van der Waals surface area contributed by atoms with Crippen molar-refractivity contribution in [3.63, 3.8) is 0 Å². The van der Waals surface area contributed by atoms with Gasteiger partial charge in [-0.25, -0.2) is 8.42 Å². The highest BCUT2D eigenvalue weighted by atomic mass is 32.2. The van der Waals surface area contributed by atoms with Crippen LogP contribution in [0.5, 0.6) is 0 Å². The number of benzene rings is 1. The van der Waals surface area contributed by atoms with Gasteiger partial charge in [0.15, 0.2) is 0 Å². The lowest BCUT2D eigenvalue weighted by Crippen LogP contribution is -2.58. The number of hydrogen-bond acceptors (Lipinski definition) is 5. The predicted molar refractivity (Wildman–Crippen MR) is 65.9 cm³/mol. The first-order chi connectivity index (χ1) is 7.68. The Labute approximate surface area is 102 Å². The average molecular weight is 261 g/mol. The smallest absolute Gasteiger partial charge is 0.126 e. The number of anilines is 2. The first-order valence-corrected chi connectivity index (χ1v) is 6.53. The second kappa shape index (κ2) is 6.43. The normalized spacial score (nSPS) is 12.5. The van der Waals surface area contributed by atoms with E-state index in [4.69, 9.17) is 11.5 Å². The first-order valence-electron chi connectivity index (χ1n) is 5.12. The highest BCUT2D eigenvalue weighted by Crippen LogP contribution is 2.20. The van der Waals surface area contributed by atoms with Gasteiger partial charge in [-0.2, -0.15) is 0 Å². The van der Waals surface area contributed by atoms with E-state index in [1.807, 2.05) is 0 Å². The maximum absolute atomic E-state index is 10.5. The van der Waals surface area contributed by atoms with Crippen LogP contribution in [0.15, 0.2) is 23.1 Å². The summed E-state index contributed by atoms with van der Waals surface area (Å²) in [5.41, 5.74) is 14.4. The third kappa shape index (κ3) is 6.10. The minimum Gasteiger partial charge on any atom is -0.744 e. The van der Waals surface area contributed by atoms with Crippen LogP contribution in [0.2, 0.25) is 0 Å². The molecule has 0 radical (unpaired) electrons. The van der Waals surface area contributed by atoms with E-state index in [-0.39, 0.29) is 11.4 Å². The minimum atomic E-state index is -4.51. The van der Waals surface area contributed by atoms with Crippen LogP contribution < -0.4 is 17.2 Å². The lowest BCUT2D eigenvalue weighted by Gasteiger charge is -2.09. The molecule has 6 nitrogen and oxygen atoms in total. The molecule has 0 aliphatic rings. The van der Waals surface area contributed by atoms with Gasteiger partial charge in [0.05, 0.1) is 10.9 Å². The summed E-state index contributed by atoms with van der Waals surface area (Å²) in [5, 5.41) is 0. The standard InChI is InChI=1S/C6H8N2O3S.C4H11N/c7-4-1-2-5(8)6(3-4)12(9,10)11;1-3-4(2)5/h1-3H,7-8H2,(H,9,10,11);4H,3,5H2,1-2H3. The molecule has 0 bridgehead atoms. The summed E-state index contributed by atoms with van der Waals surface area (Å²) in [6, 6.07) is 4.37. The second-order valence-corrected chi connectivity index (χ2v) is 5.11. The van der Waals surface area contributed by atoms with Crippen molar-refractivity contribution in [3.05, 3.63) is 18.2 Å². The molecule has 98 valence electrons. The molecule has 1 atom stereocenters. The zero-order chi connectivity index (χ0) is 13.6. The van der Waals surface area contributed by atoms with E-state index in [0.717, 1.165) is 6.07 Å². The summed E-state index contributed by atoms with van der Waals surface area (Å²) < 4.78 is 31.5. The van der Waals surface area contributed by atoms with Crippen LogP contribution in [-0.4, -0.2) is 19.0 Å². The molecule has 0 spiro atoms. The molecule has 17 heavy (non-hydrogen) atoms. The summed E-state index contributed by atoms with van der Waals surface area (Å²) in [4.78, 5) is -0.470. The van der Waals surface area contributed by atoms with E-state index in [1.54, 1.807) is 0 Å². The van der Waals surface area contributed by atoms with Gasteiger partial charge >= 0.3 is 0 Å². The van der Waals surface area contributed by atoms with Crippen molar-refractivity contribution in [1.82, 2.24) is 0 Å². The van der Waals surface area contributed by atoms with Gasteiger partial charge in [0, 0.05) is 11.4 Å². The fourth-order valence-electron chi connectivity index (χ4n) is 0.767. The molecule has 0 aliphatic carbocycles. The topological polar surface area (TPSA) is 137 Å². The van der Waals surface area contributed by atoms with Crippen LogP contribution in [0, 0.1) is 0 Å². The van der Waals surface area contributed by atoms with Crippen molar-refractivity contribution >= 4 is 21.5 Å². The summed E-state index contributed by atoms with van der Waals surface area (Å²) in [5.74, 6) is 0. The zero-order valence-corrected chi connectivity index (χ0v) is 10.8. The number of nitrogen functional groups attached to an aromatic ring is 2. The maximum Gasteiger partial charge on any atom is 0.126 e. The third-order valence-electron chi connectivity index (χ3n) is 2.00. The number of rotatable bonds is 2. The Bertz CT molecular complexity index is 458. The largest absolute Gasteiger partial charge is 0.744 e. The van der Waals surface area contributed by atoms with E-state index in [1.165, 1.54) is 18.6 Å². The second-order valence-electron chi connectivity index (χ2n) is 3.76. The molecule has 0 heterocycles. The predicted octanol–water partition coefficient (Wildman–Crippen LogP) is -0.218.